The third-order valence-electron chi connectivity index (χ3n) is 2.16. The monoisotopic (exact) mass is 201 g/mol. The van der Waals surface area contributed by atoms with Gasteiger partial charge in [0.15, 0.2) is 0 Å². The van der Waals surface area contributed by atoms with Crippen LogP contribution in [0.5, 0.6) is 0 Å². The Labute approximate surface area is 89.0 Å². The van der Waals surface area contributed by atoms with E-state index in [-0.39, 0.29) is 0 Å². The molecule has 0 fully saturated rings. The number of rotatable bonds is 8. The first-order valence-electron chi connectivity index (χ1n) is 5.64. The first kappa shape index (κ1) is 13.9. The van der Waals surface area contributed by atoms with Gasteiger partial charge in [-0.25, -0.2) is 0 Å². The molecule has 1 atom stereocenters. The van der Waals surface area contributed by atoms with E-state index in [2.05, 4.69) is 38.2 Å². The van der Waals surface area contributed by atoms with Crippen molar-refractivity contribution in [1.82, 2.24) is 10.2 Å². The Morgan fingerprint density at radius 3 is 2.36 bits per heavy atom. The maximum Gasteiger partial charge on any atom is 0.0197 e. The lowest BCUT2D eigenvalue weighted by atomic mass is 10.0. The fourth-order valence-corrected chi connectivity index (χ4v) is 1.64. The standard InChI is InChI=1S/C11H27N3/c1-10(2)8-11(9-14(3)4)13-7-5-6-12/h10-11,13H,5-9,12H2,1-4H3. The molecule has 0 amide bonds. The second kappa shape index (κ2) is 8.21. The molecular weight excluding hydrogens is 174 g/mol. The summed E-state index contributed by atoms with van der Waals surface area (Å²) in [5.41, 5.74) is 5.47. The summed E-state index contributed by atoms with van der Waals surface area (Å²) in [7, 11) is 4.25. The van der Waals surface area contributed by atoms with E-state index < -0.39 is 0 Å². The number of hydrogen-bond acceptors (Lipinski definition) is 3. The molecule has 3 heteroatoms. The predicted molar refractivity (Wildman–Crippen MR) is 63.5 cm³/mol. The smallest absolute Gasteiger partial charge is 0.0197 e. The molecule has 0 aromatic heterocycles. The van der Waals surface area contributed by atoms with E-state index in [1.54, 1.807) is 0 Å². The summed E-state index contributed by atoms with van der Waals surface area (Å²) in [6, 6.07) is 0.608. The molecule has 3 nitrogen and oxygen atoms in total. The van der Waals surface area contributed by atoms with Crippen LogP contribution >= 0.6 is 0 Å². The number of nitrogens with zero attached hydrogens (tertiary/aromatic N) is 1. The maximum atomic E-state index is 5.47. The Hall–Kier alpha value is -0.120. The highest BCUT2D eigenvalue weighted by Crippen LogP contribution is 2.05. The minimum absolute atomic E-state index is 0.608. The molecule has 0 saturated carbocycles. The summed E-state index contributed by atoms with van der Waals surface area (Å²) in [6.45, 7) is 7.48. The summed E-state index contributed by atoms with van der Waals surface area (Å²) >= 11 is 0. The van der Waals surface area contributed by atoms with Crippen molar-refractivity contribution in [2.24, 2.45) is 11.7 Å². The van der Waals surface area contributed by atoms with Crippen LogP contribution in [0.2, 0.25) is 0 Å². The summed E-state index contributed by atoms with van der Waals surface area (Å²) in [5, 5.41) is 3.56. The van der Waals surface area contributed by atoms with E-state index in [9.17, 15) is 0 Å². The molecule has 1 unspecified atom stereocenters. The number of hydrogen-bond donors (Lipinski definition) is 2. The van der Waals surface area contributed by atoms with Crippen LogP contribution in [-0.2, 0) is 0 Å². The zero-order valence-electron chi connectivity index (χ0n) is 10.2. The summed E-state index contributed by atoms with van der Waals surface area (Å²) in [6.07, 6.45) is 2.31. The van der Waals surface area contributed by atoms with Crippen molar-refractivity contribution in [2.75, 3.05) is 33.7 Å². The van der Waals surface area contributed by atoms with Gasteiger partial charge in [-0.05, 0) is 45.9 Å². The molecular formula is C11H27N3. The van der Waals surface area contributed by atoms with Gasteiger partial charge in [0.2, 0.25) is 0 Å². The highest BCUT2D eigenvalue weighted by molar-refractivity contribution is 4.71. The molecule has 0 spiro atoms. The van der Waals surface area contributed by atoms with Crippen LogP contribution in [0.3, 0.4) is 0 Å². The van der Waals surface area contributed by atoms with Crippen LogP contribution in [0.1, 0.15) is 26.7 Å². The van der Waals surface area contributed by atoms with E-state index in [0.29, 0.717) is 6.04 Å². The third-order valence-corrected chi connectivity index (χ3v) is 2.16. The van der Waals surface area contributed by atoms with E-state index in [1.165, 1.54) is 6.42 Å². The van der Waals surface area contributed by atoms with Crippen LogP contribution in [-0.4, -0.2) is 44.7 Å². The molecule has 0 radical (unpaired) electrons. The Morgan fingerprint density at radius 2 is 1.93 bits per heavy atom. The summed E-state index contributed by atoms with van der Waals surface area (Å²) < 4.78 is 0. The molecule has 0 aliphatic heterocycles. The minimum Gasteiger partial charge on any atom is -0.330 e. The minimum atomic E-state index is 0.608. The van der Waals surface area contributed by atoms with Crippen molar-refractivity contribution in [3.63, 3.8) is 0 Å². The predicted octanol–water partition coefficient (Wildman–Crippen LogP) is 0.901. The normalized spacial score (nSPS) is 13.9. The second-order valence-electron chi connectivity index (χ2n) is 4.69. The topological polar surface area (TPSA) is 41.3 Å². The average molecular weight is 201 g/mol. The van der Waals surface area contributed by atoms with Crippen LogP contribution in [0.4, 0.5) is 0 Å². The van der Waals surface area contributed by atoms with Gasteiger partial charge in [-0.15, -0.1) is 0 Å². The van der Waals surface area contributed by atoms with Crippen LogP contribution in [0, 0.1) is 5.92 Å². The highest BCUT2D eigenvalue weighted by atomic mass is 15.1. The van der Waals surface area contributed by atoms with Gasteiger partial charge in [-0.3, -0.25) is 0 Å². The molecule has 3 N–H and O–H groups in total. The third kappa shape index (κ3) is 8.48. The van der Waals surface area contributed by atoms with Gasteiger partial charge in [0.1, 0.15) is 0 Å². The SMILES string of the molecule is CC(C)CC(CN(C)C)NCCCN. The van der Waals surface area contributed by atoms with E-state index in [0.717, 1.165) is 32.0 Å². The first-order valence-corrected chi connectivity index (χ1v) is 5.64. The van der Waals surface area contributed by atoms with Crippen molar-refractivity contribution >= 4 is 0 Å². The van der Waals surface area contributed by atoms with E-state index in [1.807, 2.05) is 0 Å². The van der Waals surface area contributed by atoms with Gasteiger partial charge in [0.05, 0.1) is 0 Å². The van der Waals surface area contributed by atoms with E-state index >= 15 is 0 Å². The first-order chi connectivity index (χ1) is 6.56. The van der Waals surface area contributed by atoms with Gasteiger partial charge >= 0.3 is 0 Å². The van der Waals surface area contributed by atoms with Gasteiger partial charge in [-0.1, -0.05) is 13.8 Å². The molecule has 0 aliphatic rings. The molecule has 0 bridgehead atoms. The molecule has 14 heavy (non-hydrogen) atoms. The number of nitrogens with two attached hydrogens (primary N) is 1. The fourth-order valence-electron chi connectivity index (χ4n) is 1.64. The van der Waals surface area contributed by atoms with Crippen LogP contribution in [0.25, 0.3) is 0 Å². The molecule has 0 rings (SSSR count). The number of nitrogens with one attached hydrogen (secondary N) is 1. The lowest BCUT2D eigenvalue weighted by Crippen LogP contribution is -2.40. The second-order valence-corrected chi connectivity index (χ2v) is 4.69. The zero-order valence-corrected chi connectivity index (χ0v) is 10.2. The van der Waals surface area contributed by atoms with Crippen molar-refractivity contribution in [3.8, 4) is 0 Å². The summed E-state index contributed by atoms with van der Waals surface area (Å²) in [4.78, 5) is 2.24. The van der Waals surface area contributed by atoms with Crippen molar-refractivity contribution < 1.29 is 0 Å². The average Bonchev–Trinajstić information content (AvgIpc) is 2.02. The number of likely N-dealkylation sites (N-methyl/N-ethyl adjacent to an activating group) is 1. The molecule has 0 heterocycles. The van der Waals surface area contributed by atoms with Crippen molar-refractivity contribution in [3.05, 3.63) is 0 Å². The van der Waals surface area contributed by atoms with Crippen LogP contribution in [0.15, 0.2) is 0 Å². The van der Waals surface area contributed by atoms with Crippen molar-refractivity contribution in [2.45, 2.75) is 32.7 Å². The molecule has 0 saturated heterocycles. The summed E-state index contributed by atoms with van der Waals surface area (Å²) in [5.74, 6) is 0.755. The Morgan fingerprint density at radius 1 is 1.29 bits per heavy atom. The van der Waals surface area contributed by atoms with Crippen LogP contribution < -0.4 is 11.1 Å². The lowest BCUT2D eigenvalue weighted by molar-refractivity contribution is 0.306. The zero-order chi connectivity index (χ0) is 11.0. The fraction of sp³-hybridized carbons (Fsp3) is 1.00. The van der Waals surface area contributed by atoms with Gasteiger partial charge in [0.25, 0.3) is 0 Å². The maximum absolute atomic E-state index is 5.47. The van der Waals surface area contributed by atoms with Gasteiger partial charge in [-0.2, -0.15) is 0 Å². The lowest BCUT2D eigenvalue weighted by Gasteiger charge is -2.23. The largest absolute Gasteiger partial charge is 0.330 e. The quantitative estimate of drug-likeness (QED) is 0.573. The Kier molecular flexibility index (Phi) is 8.14. The molecule has 0 aliphatic carbocycles. The van der Waals surface area contributed by atoms with Gasteiger partial charge < -0.3 is 16.0 Å². The Balaban J connectivity index is 3.72. The Bertz CT molecular complexity index is 114. The molecule has 0 aromatic rings. The molecule has 86 valence electrons. The van der Waals surface area contributed by atoms with E-state index in [4.69, 9.17) is 5.73 Å². The van der Waals surface area contributed by atoms with Gasteiger partial charge in [0, 0.05) is 12.6 Å². The van der Waals surface area contributed by atoms with Crippen molar-refractivity contribution in [1.29, 1.82) is 0 Å². The highest BCUT2D eigenvalue weighted by Gasteiger charge is 2.10. The molecule has 0 aromatic carbocycles.